The Hall–Kier alpha value is -2.68. The van der Waals surface area contributed by atoms with E-state index in [1.54, 1.807) is 18.2 Å². The minimum Gasteiger partial charge on any atom is -0.477 e. The number of carbonyl (C=O) groups is 2. The summed E-state index contributed by atoms with van der Waals surface area (Å²) in [5.41, 5.74) is 6.39. The normalized spacial score (nSPS) is 11.3. The van der Waals surface area contributed by atoms with Crippen molar-refractivity contribution in [2.45, 2.75) is 10.6 Å². The van der Waals surface area contributed by atoms with Gasteiger partial charge in [0.25, 0.3) is 0 Å². The lowest BCUT2D eigenvalue weighted by Gasteiger charge is -2.04. The number of hydrogen-bond donors (Lipinski definition) is 2. The number of carboxylic acids is 1. The van der Waals surface area contributed by atoms with Crippen LogP contribution in [-0.4, -0.2) is 25.4 Å². The van der Waals surface area contributed by atoms with Gasteiger partial charge in [0, 0.05) is 15.5 Å². The molecule has 1 heterocycles. The molecule has 3 rings (SSSR count). The quantitative estimate of drug-likeness (QED) is 0.610. The van der Waals surface area contributed by atoms with Gasteiger partial charge in [-0.1, -0.05) is 23.7 Å². The number of amides is 1. The van der Waals surface area contributed by atoms with Crippen LogP contribution in [0.15, 0.2) is 59.5 Å². The second kappa shape index (κ2) is 7.75. The van der Waals surface area contributed by atoms with Crippen molar-refractivity contribution in [2.75, 3.05) is 0 Å². The SMILES string of the molecule is NC(=O)c1ccc(-c2cc(CS(=O)(=O)c3ccc(Cl)cc3)c(C(=O)O)s2)cc1. The van der Waals surface area contributed by atoms with Crippen molar-refractivity contribution in [3.8, 4) is 10.4 Å². The Morgan fingerprint density at radius 2 is 1.64 bits per heavy atom. The van der Waals surface area contributed by atoms with Crippen molar-refractivity contribution in [3.05, 3.63) is 75.6 Å². The summed E-state index contributed by atoms with van der Waals surface area (Å²) >= 11 is 6.76. The largest absolute Gasteiger partial charge is 0.477 e. The van der Waals surface area contributed by atoms with Crippen molar-refractivity contribution in [1.82, 2.24) is 0 Å². The maximum Gasteiger partial charge on any atom is 0.346 e. The van der Waals surface area contributed by atoms with Crippen LogP contribution in [0.1, 0.15) is 25.6 Å². The van der Waals surface area contributed by atoms with Crippen molar-refractivity contribution in [2.24, 2.45) is 5.73 Å². The molecule has 0 unspecified atom stereocenters. The van der Waals surface area contributed by atoms with Gasteiger partial charge in [-0.05, 0) is 53.6 Å². The summed E-state index contributed by atoms with van der Waals surface area (Å²) in [5, 5.41) is 9.89. The summed E-state index contributed by atoms with van der Waals surface area (Å²) in [7, 11) is -3.75. The number of carboxylic acid groups (broad SMARTS) is 1. The molecular weight excluding hydrogens is 422 g/mol. The van der Waals surface area contributed by atoms with Gasteiger partial charge in [0.15, 0.2) is 9.84 Å². The molecule has 0 saturated carbocycles. The average molecular weight is 436 g/mol. The molecule has 6 nitrogen and oxygen atoms in total. The van der Waals surface area contributed by atoms with Gasteiger partial charge in [-0.2, -0.15) is 0 Å². The first-order valence-electron chi connectivity index (χ1n) is 7.92. The van der Waals surface area contributed by atoms with Crippen LogP contribution in [0.25, 0.3) is 10.4 Å². The van der Waals surface area contributed by atoms with E-state index in [0.717, 1.165) is 11.3 Å². The van der Waals surface area contributed by atoms with E-state index in [2.05, 4.69) is 0 Å². The highest BCUT2D eigenvalue weighted by Crippen LogP contribution is 2.34. The standard InChI is InChI=1S/C19H14ClNO5S2/c20-14-5-7-15(8-6-14)28(25,26)10-13-9-16(27-17(13)19(23)24)11-1-3-12(4-2-11)18(21)22/h1-9H,10H2,(H2,21,22)(H,23,24). The summed E-state index contributed by atoms with van der Waals surface area (Å²) in [5.74, 6) is -2.23. The molecule has 1 amide bonds. The van der Waals surface area contributed by atoms with E-state index >= 15 is 0 Å². The Morgan fingerprint density at radius 3 is 2.18 bits per heavy atom. The Labute approximate surface area is 170 Å². The van der Waals surface area contributed by atoms with Crippen LogP contribution >= 0.6 is 22.9 Å². The van der Waals surface area contributed by atoms with Gasteiger partial charge in [-0.25, -0.2) is 13.2 Å². The predicted octanol–water partition coefficient (Wildman–Crippen LogP) is 3.84. The zero-order valence-electron chi connectivity index (χ0n) is 14.3. The number of benzene rings is 2. The monoisotopic (exact) mass is 435 g/mol. The zero-order valence-corrected chi connectivity index (χ0v) is 16.6. The lowest BCUT2D eigenvalue weighted by atomic mass is 10.1. The molecule has 144 valence electrons. The van der Waals surface area contributed by atoms with Crippen LogP contribution in [0.4, 0.5) is 0 Å². The van der Waals surface area contributed by atoms with Gasteiger partial charge >= 0.3 is 5.97 Å². The third kappa shape index (κ3) is 4.24. The molecule has 3 aromatic rings. The van der Waals surface area contributed by atoms with E-state index in [1.165, 1.54) is 36.4 Å². The minimum atomic E-state index is -3.75. The predicted molar refractivity (Wildman–Crippen MR) is 108 cm³/mol. The maximum absolute atomic E-state index is 12.7. The molecule has 0 saturated heterocycles. The summed E-state index contributed by atoms with van der Waals surface area (Å²) < 4.78 is 25.3. The summed E-state index contributed by atoms with van der Waals surface area (Å²) in [6.45, 7) is 0. The summed E-state index contributed by atoms with van der Waals surface area (Å²) in [4.78, 5) is 23.4. The van der Waals surface area contributed by atoms with Gasteiger partial charge in [0.1, 0.15) is 4.88 Å². The van der Waals surface area contributed by atoms with E-state index < -0.39 is 27.5 Å². The number of carbonyl (C=O) groups excluding carboxylic acids is 1. The second-order valence-corrected chi connectivity index (χ2v) is 9.40. The molecule has 3 N–H and O–H groups in total. The second-order valence-electron chi connectivity index (χ2n) is 5.92. The number of hydrogen-bond acceptors (Lipinski definition) is 5. The summed E-state index contributed by atoms with van der Waals surface area (Å²) in [6.07, 6.45) is 0. The van der Waals surface area contributed by atoms with Gasteiger partial charge in [-0.3, -0.25) is 4.79 Å². The molecule has 0 aliphatic heterocycles. The van der Waals surface area contributed by atoms with Crippen molar-refractivity contribution < 1.29 is 23.1 Å². The van der Waals surface area contributed by atoms with Crippen LogP contribution in [0.2, 0.25) is 5.02 Å². The lowest BCUT2D eigenvalue weighted by molar-refractivity contribution is 0.0701. The third-order valence-electron chi connectivity index (χ3n) is 3.98. The fourth-order valence-electron chi connectivity index (χ4n) is 2.59. The molecule has 0 fully saturated rings. The van der Waals surface area contributed by atoms with Crippen molar-refractivity contribution in [3.63, 3.8) is 0 Å². The third-order valence-corrected chi connectivity index (χ3v) is 7.12. The van der Waals surface area contributed by atoms with Crippen LogP contribution in [0.5, 0.6) is 0 Å². The van der Waals surface area contributed by atoms with E-state index in [1.807, 2.05) is 0 Å². The van der Waals surface area contributed by atoms with E-state index in [-0.39, 0.29) is 15.3 Å². The van der Waals surface area contributed by atoms with Crippen molar-refractivity contribution >= 4 is 44.7 Å². The number of halogens is 1. The molecule has 0 atom stereocenters. The molecule has 0 aliphatic carbocycles. The fraction of sp³-hybridized carbons (Fsp3) is 0.0526. The average Bonchev–Trinajstić information content (AvgIpc) is 3.05. The zero-order chi connectivity index (χ0) is 20.5. The lowest BCUT2D eigenvalue weighted by Crippen LogP contribution is -2.10. The molecular formula is C19H14ClNO5S2. The van der Waals surface area contributed by atoms with Gasteiger partial charge in [0.2, 0.25) is 5.91 Å². The Morgan fingerprint density at radius 1 is 1.04 bits per heavy atom. The first-order chi connectivity index (χ1) is 13.2. The first kappa shape index (κ1) is 20.1. The van der Waals surface area contributed by atoms with E-state index in [9.17, 15) is 23.1 Å². The first-order valence-corrected chi connectivity index (χ1v) is 10.8. The smallest absolute Gasteiger partial charge is 0.346 e. The molecule has 9 heteroatoms. The molecule has 0 aliphatic rings. The number of rotatable bonds is 6. The van der Waals surface area contributed by atoms with Crippen LogP contribution in [0.3, 0.4) is 0 Å². The van der Waals surface area contributed by atoms with Crippen LogP contribution < -0.4 is 5.73 Å². The van der Waals surface area contributed by atoms with E-state index in [4.69, 9.17) is 17.3 Å². The Kier molecular flexibility index (Phi) is 5.55. The molecule has 0 spiro atoms. The fourth-order valence-corrected chi connectivity index (χ4v) is 5.18. The molecule has 0 radical (unpaired) electrons. The van der Waals surface area contributed by atoms with Gasteiger partial charge in [-0.15, -0.1) is 11.3 Å². The number of primary amides is 1. The van der Waals surface area contributed by atoms with Gasteiger partial charge < -0.3 is 10.8 Å². The van der Waals surface area contributed by atoms with Crippen LogP contribution in [-0.2, 0) is 15.6 Å². The maximum atomic E-state index is 12.7. The number of aromatic carboxylic acids is 1. The number of sulfone groups is 1. The number of nitrogens with two attached hydrogens (primary N) is 1. The highest BCUT2D eigenvalue weighted by molar-refractivity contribution is 7.90. The summed E-state index contributed by atoms with van der Waals surface area (Å²) in [6, 6.07) is 13.6. The highest BCUT2D eigenvalue weighted by atomic mass is 35.5. The van der Waals surface area contributed by atoms with Crippen LogP contribution in [0, 0.1) is 0 Å². The topological polar surface area (TPSA) is 115 Å². The number of thiophene rings is 1. The van der Waals surface area contributed by atoms with E-state index in [0.29, 0.717) is 21.0 Å². The van der Waals surface area contributed by atoms with Gasteiger partial charge in [0.05, 0.1) is 10.6 Å². The highest BCUT2D eigenvalue weighted by Gasteiger charge is 2.23. The molecule has 28 heavy (non-hydrogen) atoms. The minimum absolute atomic E-state index is 0.0495. The molecule has 2 aromatic carbocycles. The Balaban J connectivity index is 1.98. The Bertz CT molecular complexity index is 1150. The molecule has 1 aromatic heterocycles. The van der Waals surface area contributed by atoms with Crippen molar-refractivity contribution in [1.29, 1.82) is 0 Å². The molecule has 0 bridgehead atoms.